The molecule has 2 rings (SSSR count). The molecule has 2 aromatic rings. The third-order valence-electron chi connectivity index (χ3n) is 2.76. The van der Waals surface area contributed by atoms with Crippen LogP contribution in [-0.2, 0) is 18.5 Å². The molecule has 2 heterocycles. The van der Waals surface area contributed by atoms with Crippen LogP contribution in [0.5, 0.6) is 0 Å². The first-order chi connectivity index (χ1) is 9.49. The smallest absolute Gasteiger partial charge is 0.248 e. The Labute approximate surface area is 118 Å². The molecule has 7 nitrogen and oxygen atoms in total. The van der Waals surface area contributed by atoms with Crippen molar-refractivity contribution < 1.29 is 4.52 Å². The zero-order valence-corrected chi connectivity index (χ0v) is 12.6. The van der Waals surface area contributed by atoms with Gasteiger partial charge in [-0.3, -0.25) is 0 Å². The van der Waals surface area contributed by atoms with E-state index in [1.165, 1.54) is 0 Å². The maximum atomic E-state index is 5.24. The van der Waals surface area contributed by atoms with Crippen LogP contribution in [-0.4, -0.2) is 31.7 Å². The molecule has 0 saturated heterocycles. The molecule has 0 fully saturated rings. The Morgan fingerprint density at radius 3 is 2.80 bits per heavy atom. The second kappa shape index (κ2) is 6.13. The predicted octanol–water partition coefficient (Wildman–Crippen LogP) is 1.51. The minimum atomic E-state index is -0.112. The molecule has 1 N–H and O–H groups in total. The summed E-state index contributed by atoms with van der Waals surface area (Å²) in [5, 5.41) is 15.4. The fourth-order valence-corrected chi connectivity index (χ4v) is 1.65. The van der Waals surface area contributed by atoms with Gasteiger partial charge in [0.1, 0.15) is 6.54 Å². The predicted molar refractivity (Wildman–Crippen MR) is 74.1 cm³/mol. The van der Waals surface area contributed by atoms with E-state index in [1.54, 1.807) is 4.68 Å². The van der Waals surface area contributed by atoms with E-state index in [9.17, 15) is 0 Å². The Bertz CT molecular complexity index is 539. The van der Waals surface area contributed by atoms with Crippen LogP contribution in [0.25, 0.3) is 0 Å². The summed E-state index contributed by atoms with van der Waals surface area (Å²) in [5.74, 6) is 1.25. The van der Waals surface area contributed by atoms with Crippen molar-refractivity contribution in [1.82, 2.24) is 30.5 Å². The van der Waals surface area contributed by atoms with Crippen molar-refractivity contribution in [3.8, 4) is 0 Å². The summed E-state index contributed by atoms with van der Waals surface area (Å²) < 4.78 is 6.95. The first kappa shape index (κ1) is 14.6. The van der Waals surface area contributed by atoms with E-state index in [1.807, 2.05) is 6.20 Å². The third-order valence-corrected chi connectivity index (χ3v) is 2.76. The molecule has 0 radical (unpaired) electrons. The number of nitrogens with zero attached hydrogens (tertiary/aromatic N) is 5. The van der Waals surface area contributed by atoms with Gasteiger partial charge < -0.3 is 9.84 Å². The maximum absolute atomic E-state index is 5.24. The molecular formula is C13H22N6O. The molecule has 0 spiro atoms. The number of hydrogen-bond acceptors (Lipinski definition) is 6. The highest BCUT2D eigenvalue weighted by molar-refractivity contribution is 5.00. The van der Waals surface area contributed by atoms with Crippen LogP contribution < -0.4 is 5.32 Å². The normalized spacial score (nSPS) is 12.0. The van der Waals surface area contributed by atoms with Crippen LogP contribution in [0.2, 0.25) is 0 Å². The Kier molecular flexibility index (Phi) is 4.49. The molecule has 110 valence electrons. The zero-order valence-electron chi connectivity index (χ0n) is 12.6. The summed E-state index contributed by atoms with van der Waals surface area (Å²) in [6, 6.07) is 0. The first-order valence-electron chi connectivity index (χ1n) is 6.92. The van der Waals surface area contributed by atoms with Crippen LogP contribution in [0.1, 0.15) is 51.5 Å². The zero-order chi connectivity index (χ0) is 14.6. The number of rotatable bonds is 6. The van der Waals surface area contributed by atoms with Crippen LogP contribution >= 0.6 is 0 Å². The minimum absolute atomic E-state index is 0.112. The van der Waals surface area contributed by atoms with Crippen molar-refractivity contribution in [2.45, 2.75) is 52.6 Å². The lowest BCUT2D eigenvalue weighted by Gasteiger charge is -2.10. The van der Waals surface area contributed by atoms with Crippen LogP contribution in [0.15, 0.2) is 10.7 Å². The van der Waals surface area contributed by atoms with Gasteiger partial charge in [0.15, 0.2) is 5.82 Å². The lowest BCUT2D eigenvalue weighted by Crippen LogP contribution is -2.14. The van der Waals surface area contributed by atoms with Crippen LogP contribution in [0.3, 0.4) is 0 Å². The lowest BCUT2D eigenvalue weighted by molar-refractivity contribution is 0.352. The number of aromatic nitrogens is 5. The Balaban J connectivity index is 1.95. The highest BCUT2D eigenvalue weighted by atomic mass is 16.5. The van der Waals surface area contributed by atoms with Gasteiger partial charge in [0.05, 0.1) is 11.9 Å². The summed E-state index contributed by atoms with van der Waals surface area (Å²) in [7, 11) is 0. The van der Waals surface area contributed by atoms with Gasteiger partial charge >= 0.3 is 0 Å². The Hall–Kier alpha value is -1.76. The molecule has 0 aliphatic carbocycles. The molecular weight excluding hydrogens is 256 g/mol. The standard InChI is InChI=1S/C13H22N6O/c1-5-6-14-7-10-8-19(18-16-10)9-11-15-12(17-20-11)13(2,3)4/h8,14H,5-7,9H2,1-4H3. The largest absolute Gasteiger partial charge is 0.337 e. The molecule has 0 bridgehead atoms. The molecule has 0 unspecified atom stereocenters. The molecule has 0 atom stereocenters. The molecule has 0 amide bonds. The summed E-state index contributed by atoms with van der Waals surface area (Å²) >= 11 is 0. The van der Waals surface area contributed by atoms with Gasteiger partial charge in [-0.15, -0.1) is 5.10 Å². The summed E-state index contributed by atoms with van der Waals surface area (Å²) in [6.45, 7) is 10.4. The van der Waals surface area contributed by atoms with E-state index in [2.05, 4.69) is 53.5 Å². The molecule has 0 aliphatic heterocycles. The van der Waals surface area contributed by atoms with Gasteiger partial charge in [0, 0.05) is 12.0 Å². The Morgan fingerprint density at radius 1 is 1.35 bits per heavy atom. The summed E-state index contributed by atoms with van der Waals surface area (Å²) in [5.41, 5.74) is 0.799. The monoisotopic (exact) mass is 278 g/mol. The molecule has 20 heavy (non-hydrogen) atoms. The summed E-state index contributed by atoms with van der Waals surface area (Å²) in [4.78, 5) is 4.38. The van der Waals surface area contributed by atoms with Crippen LogP contribution in [0, 0.1) is 0 Å². The number of hydrogen-bond donors (Lipinski definition) is 1. The second-order valence-corrected chi connectivity index (χ2v) is 5.85. The second-order valence-electron chi connectivity index (χ2n) is 5.85. The number of nitrogens with one attached hydrogen (secondary N) is 1. The van der Waals surface area contributed by atoms with Gasteiger partial charge in [0.25, 0.3) is 0 Å². The van der Waals surface area contributed by atoms with Crippen molar-refractivity contribution in [3.05, 3.63) is 23.6 Å². The average molecular weight is 278 g/mol. The van der Waals surface area contributed by atoms with Crippen molar-refractivity contribution in [3.63, 3.8) is 0 Å². The van der Waals surface area contributed by atoms with Crippen molar-refractivity contribution in [1.29, 1.82) is 0 Å². The van der Waals surface area contributed by atoms with E-state index in [0.29, 0.717) is 18.3 Å². The Morgan fingerprint density at radius 2 is 2.15 bits per heavy atom. The van der Waals surface area contributed by atoms with Crippen molar-refractivity contribution >= 4 is 0 Å². The topological polar surface area (TPSA) is 81.7 Å². The minimum Gasteiger partial charge on any atom is -0.337 e. The average Bonchev–Trinajstić information content (AvgIpc) is 2.99. The van der Waals surface area contributed by atoms with Crippen molar-refractivity contribution in [2.24, 2.45) is 0 Å². The third kappa shape index (κ3) is 3.86. The van der Waals surface area contributed by atoms with E-state index >= 15 is 0 Å². The van der Waals surface area contributed by atoms with Gasteiger partial charge in [-0.2, -0.15) is 4.98 Å². The van der Waals surface area contributed by atoms with E-state index in [0.717, 1.165) is 25.2 Å². The first-order valence-corrected chi connectivity index (χ1v) is 6.92. The quantitative estimate of drug-likeness (QED) is 0.807. The molecule has 2 aromatic heterocycles. The van der Waals surface area contributed by atoms with Crippen LogP contribution in [0.4, 0.5) is 0 Å². The fraction of sp³-hybridized carbons (Fsp3) is 0.692. The molecule has 7 heteroatoms. The SMILES string of the molecule is CCCNCc1cn(Cc2nc(C(C)(C)C)no2)nn1. The molecule has 0 saturated carbocycles. The van der Waals surface area contributed by atoms with E-state index in [-0.39, 0.29) is 5.41 Å². The highest BCUT2D eigenvalue weighted by Crippen LogP contribution is 2.18. The molecule has 0 aliphatic rings. The highest BCUT2D eigenvalue weighted by Gasteiger charge is 2.21. The lowest BCUT2D eigenvalue weighted by atomic mass is 9.96. The van der Waals surface area contributed by atoms with E-state index in [4.69, 9.17) is 4.52 Å². The summed E-state index contributed by atoms with van der Waals surface area (Å²) in [6.07, 6.45) is 3.00. The van der Waals surface area contributed by atoms with Gasteiger partial charge in [-0.25, -0.2) is 4.68 Å². The van der Waals surface area contributed by atoms with Gasteiger partial charge in [-0.05, 0) is 13.0 Å². The van der Waals surface area contributed by atoms with Gasteiger partial charge in [-0.1, -0.05) is 38.1 Å². The van der Waals surface area contributed by atoms with Crippen molar-refractivity contribution in [2.75, 3.05) is 6.54 Å². The molecule has 0 aromatic carbocycles. The van der Waals surface area contributed by atoms with Gasteiger partial charge in [0.2, 0.25) is 5.89 Å². The fourth-order valence-electron chi connectivity index (χ4n) is 1.65. The maximum Gasteiger partial charge on any atom is 0.248 e. The van der Waals surface area contributed by atoms with E-state index < -0.39 is 0 Å².